The number of furan rings is 1. The quantitative estimate of drug-likeness (QED) is 0.153. The number of hydrogen-bond donors (Lipinski definition) is 0. The van der Waals surface area contributed by atoms with E-state index in [0.29, 0.717) is 0 Å². The van der Waals surface area contributed by atoms with Crippen molar-refractivity contribution in [2.75, 3.05) is 0 Å². The van der Waals surface area contributed by atoms with Crippen molar-refractivity contribution >= 4 is 93.2 Å². The number of thiophene rings is 1. The zero-order chi connectivity index (χ0) is 31.2. The summed E-state index contributed by atoms with van der Waals surface area (Å²) >= 11 is 1.94. The van der Waals surface area contributed by atoms with Gasteiger partial charge in [-0.2, -0.15) is 0 Å². The average molecular weight is 629 g/mol. The van der Waals surface area contributed by atoms with E-state index in [1.165, 1.54) is 103 Å². The fourth-order valence-corrected chi connectivity index (χ4v) is 11.3. The first-order chi connectivity index (χ1) is 23.6. The van der Waals surface area contributed by atoms with E-state index in [9.17, 15) is 0 Å². The molecule has 2 aliphatic heterocycles. The van der Waals surface area contributed by atoms with Gasteiger partial charge in [-0.25, -0.2) is 0 Å². The highest BCUT2D eigenvalue weighted by atomic mass is 32.1. The molecule has 3 nitrogen and oxygen atoms in total. The lowest BCUT2D eigenvalue weighted by molar-refractivity contribution is 0.651. The summed E-state index contributed by atoms with van der Waals surface area (Å²) in [6.45, 7) is 4.80. The second-order valence-electron chi connectivity index (χ2n) is 14.4. The highest BCUT2D eigenvalue weighted by molar-refractivity contribution is 7.26. The molecule has 0 spiro atoms. The molecule has 1 aliphatic carbocycles. The van der Waals surface area contributed by atoms with Crippen LogP contribution in [-0.4, -0.2) is 15.9 Å². The summed E-state index contributed by atoms with van der Waals surface area (Å²) < 4.78 is 14.8. The van der Waals surface area contributed by atoms with Gasteiger partial charge in [-0.3, -0.25) is 0 Å². The van der Waals surface area contributed by atoms with Crippen molar-refractivity contribution < 1.29 is 4.42 Å². The zero-order valence-electron chi connectivity index (χ0n) is 26.3. The summed E-state index contributed by atoms with van der Waals surface area (Å²) in [5.41, 5.74) is 16.6. The van der Waals surface area contributed by atoms with Crippen molar-refractivity contribution in [1.29, 1.82) is 0 Å². The van der Waals surface area contributed by atoms with Gasteiger partial charge in [-0.15, -0.1) is 11.3 Å². The molecule has 13 rings (SSSR count). The molecule has 0 atom stereocenters. The van der Waals surface area contributed by atoms with Crippen LogP contribution in [0.4, 0.5) is 0 Å². The van der Waals surface area contributed by atoms with E-state index in [2.05, 4.69) is 138 Å². The molecule has 222 valence electrons. The van der Waals surface area contributed by atoms with Crippen molar-refractivity contribution in [3.8, 4) is 28.1 Å². The number of nitrogens with zero attached hydrogens (tertiary/aromatic N) is 2. The first-order valence-electron chi connectivity index (χ1n) is 16.8. The van der Waals surface area contributed by atoms with E-state index in [1.807, 2.05) is 11.3 Å². The van der Waals surface area contributed by atoms with E-state index in [1.54, 1.807) is 0 Å². The molecule has 6 heterocycles. The molecule has 0 amide bonds. The van der Waals surface area contributed by atoms with E-state index < -0.39 is 0 Å². The van der Waals surface area contributed by atoms with Crippen LogP contribution in [-0.2, 0) is 5.41 Å². The third-order valence-electron chi connectivity index (χ3n) is 11.9. The molecule has 0 saturated heterocycles. The fourth-order valence-electron chi connectivity index (χ4n) is 10.1. The Balaban J connectivity index is 1.33. The highest BCUT2D eigenvalue weighted by Gasteiger charge is 2.47. The Bertz CT molecular complexity index is 3170. The molecule has 10 aromatic rings. The van der Waals surface area contributed by atoms with Crippen LogP contribution in [0.3, 0.4) is 0 Å². The molecule has 0 fully saturated rings. The summed E-state index contributed by atoms with van der Waals surface area (Å²) in [5, 5.41) is 7.70. The van der Waals surface area contributed by atoms with Gasteiger partial charge in [0, 0.05) is 53.7 Å². The number of rotatable bonds is 0. The van der Waals surface area contributed by atoms with E-state index >= 15 is 0 Å². The number of fused-ring (bicyclic) bond motifs is 18. The normalized spacial score (nSPS) is 15.0. The van der Waals surface area contributed by atoms with Crippen molar-refractivity contribution in [2.24, 2.45) is 0 Å². The third kappa shape index (κ3) is 2.48. The Hall–Kier alpha value is -5.52. The summed E-state index contributed by atoms with van der Waals surface area (Å²) in [6, 6.07) is 43.0. The van der Waals surface area contributed by atoms with Gasteiger partial charge in [-0.1, -0.05) is 111 Å². The van der Waals surface area contributed by atoms with Crippen molar-refractivity contribution in [3.05, 3.63) is 126 Å². The van der Waals surface area contributed by atoms with Gasteiger partial charge in [-0.05, 0) is 45.8 Å². The lowest BCUT2D eigenvalue weighted by atomic mass is 9.45. The summed E-state index contributed by atoms with van der Waals surface area (Å²) in [6.07, 6.45) is 0. The molecule has 0 saturated carbocycles. The molecular formula is C43H25BN2OS. The van der Waals surface area contributed by atoms with Gasteiger partial charge in [0.1, 0.15) is 5.58 Å². The molecule has 5 heteroatoms. The van der Waals surface area contributed by atoms with Crippen molar-refractivity contribution in [1.82, 2.24) is 9.05 Å². The minimum atomic E-state index is -0.124. The number of para-hydroxylation sites is 3. The molecule has 48 heavy (non-hydrogen) atoms. The van der Waals surface area contributed by atoms with Crippen LogP contribution < -0.4 is 10.9 Å². The lowest BCUT2D eigenvalue weighted by Gasteiger charge is -2.34. The van der Waals surface area contributed by atoms with Crippen molar-refractivity contribution in [3.63, 3.8) is 0 Å². The van der Waals surface area contributed by atoms with Crippen LogP contribution in [0.2, 0.25) is 0 Å². The molecule has 0 bridgehead atoms. The van der Waals surface area contributed by atoms with Gasteiger partial charge in [0.15, 0.2) is 5.71 Å². The van der Waals surface area contributed by atoms with Crippen LogP contribution in [0.5, 0.6) is 0 Å². The summed E-state index contributed by atoms with van der Waals surface area (Å²) in [5.74, 6) is 0. The topological polar surface area (TPSA) is 23.0 Å². The Kier molecular flexibility index (Phi) is 3.99. The summed E-state index contributed by atoms with van der Waals surface area (Å²) in [7, 11) is 0. The Morgan fingerprint density at radius 3 is 2.35 bits per heavy atom. The first kappa shape index (κ1) is 24.6. The van der Waals surface area contributed by atoms with E-state index in [-0.39, 0.29) is 12.3 Å². The largest absolute Gasteiger partial charge is 0.441 e. The minimum absolute atomic E-state index is 0.0235. The summed E-state index contributed by atoms with van der Waals surface area (Å²) in [4.78, 5) is 0. The molecule has 6 aromatic carbocycles. The predicted molar refractivity (Wildman–Crippen MR) is 202 cm³/mol. The second kappa shape index (κ2) is 7.78. The molecular weight excluding hydrogens is 603 g/mol. The Morgan fingerprint density at radius 1 is 0.667 bits per heavy atom. The lowest BCUT2D eigenvalue weighted by Crippen LogP contribution is -2.55. The maximum atomic E-state index is 6.88. The zero-order valence-corrected chi connectivity index (χ0v) is 27.1. The maximum Gasteiger partial charge on any atom is 0.336 e. The van der Waals surface area contributed by atoms with E-state index in [4.69, 9.17) is 4.42 Å². The van der Waals surface area contributed by atoms with Crippen LogP contribution in [0.25, 0.3) is 92.1 Å². The Labute approximate surface area is 279 Å². The predicted octanol–water partition coefficient (Wildman–Crippen LogP) is 10.1. The minimum Gasteiger partial charge on any atom is -0.441 e. The smallest absolute Gasteiger partial charge is 0.336 e. The van der Waals surface area contributed by atoms with Gasteiger partial charge in [0.05, 0.1) is 27.0 Å². The first-order valence-corrected chi connectivity index (χ1v) is 17.6. The third-order valence-corrected chi connectivity index (χ3v) is 13.1. The van der Waals surface area contributed by atoms with Gasteiger partial charge < -0.3 is 13.5 Å². The van der Waals surface area contributed by atoms with Gasteiger partial charge >= 0.3 is 6.85 Å². The average Bonchev–Trinajstić information content (AvgIpc) is 3.89. The van der Waals surface area contributed by atoms with Crippen LogP contribution in [0.1, 0.15) is 25.0 Å². The number of hydrogen-bond acceptors (Lipinski definition) is 2. The van der Waals surface area contributed by atoms with Crippen LogP contribution in [0, 0.1) is 0 Å². The molecule has 0 unspecified atom stereocenters. The Morgan fingerprint density at radius 2 is 1.42 bits per heavy atom. The van der Waals surface area contributed by atoms with Crippen LogP contribution >= 0.6 is 11.3 Å². The number of benzene rings is 6. The SMILES string of the molecule is CC1(C)c2ccccc2-c2c1c1cccc3c1n2-c1c2c(cc4c1sc1ccccc14)-c1cccc4c5c6ccccc6oc5n(c14)B23. The molecule has 0 radical (unpaired) electrons. The maximum absolute atomic E-state index is 6.88. The second-order valence-corrected chi connectivity index (χ2v) is 15.4. The number of aromatic nitrogens is 2. The van der Waals surface area contributed by atoms with Crippen molar-refractivity contribution in [2.45, 2.75) is 19.3 Å². The molecule has 4 aromatic heterocycles. The van der Waals surface area contributed by atoms with E-state index in [0.717, 1.165) is 11.3 Å². The highest BCUT2D eigenvalue weighted by Crippen LogP contribution is 2.56. The van der Waals surface area contributed by atoms with Gasteiger partial charge in [0.25, 0.3) is 0 Å². The fraction of sp³-hybridized carbons (Fsp3) is 0.0698. The van der Waals surface area contributed by atoms with Crippen LogP contribution in [0.15, 0.2) is 120 Å². The molecule has 3 aliphatic rings. The molecule has 0 N–H and O–H groups in total. The monoisotopic (exact) mass is 628 g/mol. The van der Waals surface area contributed by atoms with Gasteiger partial charge in [0.2, 0.25) is 0 Å². The standard InChI is InChI=1S/C43H25BN2OS/c1-43(2)30-17-6-3-12-24(30)39-35(43)27-16-10-18-31-38(27)45(39)40-36-28(21-29-22-11-5-8-20-33(22)48-41(29)40)23-14-9-15-26-34-25-13-4-7-19-32(25)47-42(34)46(37(23)26)44(31)36/h3-21H,1-2H3.